The molecule has 2 aliphatic heterocycles. The summed E-state index contributed by atoms with van der Waals surface area (Å²) in [5.41, 5.74) is 3.60. The minimum atomic E-state index is -3.72. The summed E-state index contributed by atoms with van der Waals surface area (Å²) in [6.07, 6.45) is 4.35. The van der Waals surface area contributed by atoms with Crippen molar-refractivity contribution in [2.45, 2.75) is 62.9 Å². The van der Waals surface area contributed by atoms with Crippen molar-refractivity contribution < 1.29 is 22.7 Å². The van der Waals surface area contributed by atoms with E-state index in [1.54, 1.807) is 37.4 Å². The van der Waals surface area contributed by atoms with E-state index in [-0.39, 0.29) is 31.2 Å². The number of ether oxygens (including phenoxy) is 2. The van der Waals surface area contributed by atoms with E-state index >= 15 is 0 Å². The molecule has 2 heterocycles. The fourth-order valence-corrected chi connectivity index (χ4v) is 7.88. The first kappa shape index (κ1) is 28.4. The molecule has 4 rings (SSSR count). The van der Waals surface area contributed by atoms with Crippen LogP contribution in [0.2, 0.25) is 0 Å². The summed E-state index contributed by atoms with van der Waals surface area (Å²) in [6.45, 7) is 4.93. The SMILES string of the molecule is COc1cc(C)c(S(=O)(=O)N2CCCCC2COCC(=O)N2CCCC2c2ccc(N(C)C)cc2)c(C)c1. The van der Waals surface area contributed by atoms with Gasteiger partial charge in [-0.25, -0.2) is 8.42 Å². The van der Waals surface area contributed by atoms with Crippen LogP contribution in [0.15, 0.2) is 41.3 Å². The van der Waals surface area contributed by atoms with Gasteiger partial charge in [-0.2, -0.15) is 4.31 Å². The number of carbonyl (C=O) groups excluding carboxylic acids is 1. The number of aryl methyl sites for hydroxylation is 2. The lowest BCUT2D eigenvalue weighted by Gasteiger charge is -2.35. The first-order valence-electron chi connectivity index (χ1n) is 13.4. The third-order valence-electron chi connectivity index (χ3n) is 7.71. The second-order valence-electron chi connectivity index (χ2n) is 10.6. The number of hydrogen-bond donors (Lipinski definition) is 0. The number of likely N-dealkylation sites (tertiary alicyclic amines) is 1. The summed E-state index contributed by atoms with van der Waals surface area (Å²) in [5.74, 6) is 0.598. The van der Waals surface area contributed by atoms with Crippen molar-refractivity contribution in [1.29, 1.82) is 0 Å². The Kier molecular flexibility index (Phi) is 9.00. The normalized spacial score (nSPS) is 20.5. The van der Waals surface area contributed by atoms with Gasteiger partial charge in [-0.1, -0.05) is 18.6 Å². The second-order valence-corrected chi connectivity index (χ2v) is 12.4. The Labute approximate surface area is 227 Å². The molecule has 2 atom stereocenters. The topological polar surface area (TPSA) is 79.4 Å². The number of nitrogens with zero attached hydrogens (tertiary/aromatic N) is 3. The molecule has 0 N–H and O–H groups in total. The molecule has 2 aromatic carbocycles. The van der Waals surface area contributed by atoms with Crippen LogP contribution in [-0.2, 0) is 19.6 Å². The van der Waals surface area contributed by atoms with Crippen LogP contribution in [0.5, 0.6) is 5.75 Å². The second kappa shape index (κ2) is 12.1. The zero-order chi connectivity index (χ0) is 27.4. The van der Waals surface area contributed by atoms with Gasteiger partial charge in [0, 0.05) is 38.9 Å². The molecule has 38 heavy (non-hydrogen) atoms. The van der Waals surface area contributed by atoms with Crippen LogP contribution >= 0.6 is 0 Å². The van der Waals surface area contributed by atoms with Crippen LogP contribution in [-0.4, -0.2) is 77.1 Å². The number of anilines is 1. The van der Waals surface area contributed by atoms with E-state index in [4.69, 9.17) is 9.47 Å². The number of amides is 1. The smallest absolute Gasteiger partial charge is 0.249 e. The highest BCUT2D eigenvalue weighted by Crippen LogP contribution is 2.34. The van der Waals surface area contributed by atoms with E-state index < -0.39 is 10.0 Å². The molecule has 1 amide bonds. The maximum Gasteiger partial charge on any atom is 0.249 e. The van der Waals surface area contributed by atoms with Crippen LogP contribution in [0, 0.1) is 13.8 Å². The van der Waals surface area contributed by atoms with Crippen LogP contribution in [0.25, 0.3) is 0 Å². The van der Waals surface area contributed by atoms with Gasteiger partial charge >= 0.3 is 0 Å². The molecule has 0 bridgehead atoms. The van der Waals surface area contributed by atoms with Crippen LogP contribution in [0.1, 0.15) is 54.8 Å². The maximum atomic E-state index is 13.8. The van der Waals surface area contributed by atoms with E-state index in [1.165, 1.54) is 0 Å². The summed E-state index contributed by atoms with van der Waals surface area (Å²) in [4.78, 5) is 17.4. The van der Waals surface area contributed by atoms with Crippen molar-refractivity contribution in [3.63, 3.8) is 0 Å². The van der Waals surface area contributed by atoms with Crippen molar-refractivity contribution in [2.75, 3.05) is 52.4 Å². The summed E-state index contributed by atoms with van der Waals surface area (Å²) in [6, 6.07) is 11.6. The molecular formula is C29H41N3O5S. The predicted molar refractivity (Wildman–Crippen MR) is 149 cm³/mol. The highest BCUT2D eigenvalue weighted by Gasteiger charge is 2.36. The van der Waals surface area contributed by atoms with Gasteiger partial charge in [0.1, 0.15) is 12.4 Å². The highest BCUT2D eigenvalue weighted by molar-refractivity contribution is 7.89. The molecule has 0 aliphatic carbocycles. The monoisotopic (exact) mass is 543 g/mol. The first-order chi connectivity index (χ1) is 18.1. The van der Waals surface area contributed by atoms with E-state index in [2.05, 4.69) is 29.2 Å². The van der Waals surface area contributed by atoms with Crippen molar-refractivity contribution in [2.24, 2.45) is 0 Å². The quantitative estimate of drug-likeness (QED) is 0.469. The number of methoxy groups -OCH3 is 1. The third kappa shape index (κ3) is 6.00. The molecule has 208 valence electrons. The summed E-state index contributed by atoms with van der Waals surface area (Å²) < 4.78 is 40.3. The Bertz CT molecular complexity index is 1210. The molecule has 0 aromatic heterocycles. The maximum absolute atomic E-state index is 13.8. The number of sulfonamides is 1. The Morgan fingerprint density at radius 1 is 1.00 bits per heavy atom. The van der Waals surface area contributed by atoms with Crippen LogP contribution in [0.4, 0.5) is 5.69 Å². The number of rotatable bonds is 9. The molecule has 9 heteroatoms. The Morgan fingerprint density at radius 3 is 2.32 bits per heavy atom. The van der Waals surface area contributed by atoms with E-state index in [1.807, 2.05) is 19.0 Å². The lowest BCUT2D eigenvalue weighted by atomic mass is 10.0. The zero-order valence-electron chi connectivity index (χ0n) is 23.3. The Balaban J connectivity index is 1.41. The van der Waals surface area contributed by atoms with Gasteiger partial charge in [-0.3, -0.25) is 4.79 Å². The minimum absolute atomic E-state index is 0.0444. The van der Waals surface area contributed by atoms with Crippen molar-refractivity contribution in [3.05, 3.63) is 53.1 Å². The molecule has 0 radical (unpaired) electrons. The van der Waals surface area contributed by atoms with E-state index in [9.17, 15) is 13.2 Å². The number of carbonyl (C=O) groups is 1. The van der Waals surface area contributed by atoms with Gasteiger partial charge in [0.15, 0.2) is 0 Å². The van der Waals surface area contributed by atoms with Crippen LogP contribution in [0.3, 0.4) is 0 Å². The van der Waals surface area contributed by atoms with Gasteiger partial charge in [0.05, 0.1) is 24.7 Å². The lowest BCUT2D eigenvalue weighted by molar-refractivity contribution is -0.137. The molecule has 2 aliphatic rings. The molecule has 2 fully saturated rings. The van der Waals surface area contributed by atoms with E-state index in [0.29, 0.717) is 41.3 Å². The number of hydrogen-bond acceptors (Lipinski definition) is 6. The molecule has 2 aromatic rings. The Morgan fingerprint density at radius 2 is 1.68 bits per heavy atom. The largest absolute Gasteiger partial charge is 0.497 e. The van der Waals surface area contributed by atoms with Crippen LogP contribution < -0.4 is 9.64 Å². The first-order valence-corrected chi connectivity index (χ1v) is 14.9. The van der Waals surface area contributed by atoms with Crippen molar-refractivity contribution >= 4 is 21.6 Å². The molecular weight excluding hydrogens is 502 g/mol. The molecule has 0 saturated carbocycles. The van der Waals surface area contributed by atoms with Gasteiger partial charge in [-0.05, 0) is 80.5 Å². The standard InChI is InChI=1S/C29H41N3O5S/c1-21-17-26(36-5)18-22(2)29(21)38(34,35)32-16-7-6-9-25(32)19-37-20-28(33)31-15-8-10-27(31)23-11-13-24(14-12-23)30(3)4/h11-14,17-18,25,27H,6-10,15-16,19-20H2,1-5H3. The van der Waals surface area contributed by atoms with Gasteiger partial charge in [-0.15, -0.1) is 0 Å². The fraction of sp³-hybridized carbons (Fsp3) is 0.552. The molecule has 2 unspecified atom stereocenters. The third-order valence-corrected chi connectivity index (χ3v) is 9.97. The van der Waals surface area contributed by atoms with Gasteiger partial charge < -0.3 is 19.3 Å². The molecule has 0 spiro atoms. The van der Waals surface area contributed by atoms with Gasteiger partial charge in [0.2, 0.25) is 15.9 Å². The lowest BCUT2D eigenvalue weighted by Crippen LogP contribution is -2.46. The zero-order valence-corrected chi connectivity index (χ0v) is 24.1. The average molecular weight is 544 g/mol. The average Bonchev–Trinajstić information content (AvgIpc) is 3.38. The molecule has 2 saturated heterocycles. The Hall–Kier alpha value is -2.62. The highest BCUT2D eigenvalue weighted by atomic mass is 32.2. The van der Waals surface area contributed by atoms with Crippen molar-refractivity contribution in [3.8, 4) is 5.75 Å². The summed E-state index contributed by atoms with van der Waals surface area (Å²) in [5, 5.41) is 0. The van der Waals surface area contributed by atoms with Crippen molar-refractivity contribution in [1.82, 2.24) is 9.21 Å². The summed E-state index contributed by atoms with van der Waals surface area (Å²) >= 11 is 0. The minimum Gasteiger partial charge on any atom is -0.497 e. The molecule has 8 nitrogen and oxygen atoms in total. The number of benzene rings is 2. The number of piperidine rings is 1. The fourth-order valence-electron chi connectivity index (χ4n) is 5.78. The van der Waals surface area contributed by atoms with E-state index in [0.717, 1.165) is 36.9 Å². The van der Waals surface area contributed by atoms with Gasteiger partial charge in [0.25, 0.3) is 0 Å². The predicted octanol–water partition coefficient (Wildman–Crippen LogP) is 4.30. The summed E-state index contributed by atoms with van der Waals surface area (Å²) in [7, 11) is 1.88.